The van der Waals surface area contributed by atoms with Crippen molar-refractivity contribution in [2.45, 2.75) is 6.54 Å². The number of methoxy groups -OCH3 is 1. The third-order valence-electron chi connectivity index (χ3n) is 2.55. The molecule has 0 fully saturated rings. The van der Waals surface area contributed by atoms with E-state index in [1.54, 1.807) is 14.2 Å². The van der Waals surface area contributed by atoms with Gasteiger partial charge < -0.3 is 15.4 Å². The lowest BCUT2D eigenvalue weighted by Crippen LogP contribution is -2.06. The quantitative estimate of drug-likeness (QED) is 0.843. The normalized spacial score (nSPS) is 9.89. The number of nitrogens with zero attached hydrogens (tertiary/aromatic N) is 2. The van der Waals surface area contributed by atoms with Gasteiger partial charge in [-0.15, -0.1) is 0 Å². The van der Waals surface area contributed by atoms with Gasteiger partial charge in [-0.1, -0.05) is 30.3 Å². The summed E-state index contributed by atoms with van der Waals surface area (Å²) in [6.07, 6.45) is 1.50. The van der Waals surface area contributed by atoms with Crippen molar-refractivity contribution >= 4 is 11.6 Å². The Kier molecular flexibility index (Phi) is 3.96. The molecule has 2 N–H and O–H groups in total. The second-order valence-corrected chi connectivity index (χ2v) is 3.69. The van der Waals surface area contributed by atoms with Crippen LogP contribution in [-0.2, 0) is 6.54 Å². The second kappa shape index (κ2) is 5.86. The Morgan fingerprint density at radius 3 is 2.50 bits per heavy atom. The third-order valence-corrected chi connectivity index (χ3v) is 2.55. The van der Waals surface area contributed by atoms with Gasteiger partial charge in [0.1, 0.15) is 6.33 Å². The van der Waals surface area contributed by atoms with Gasteiger partial charge in [0, 0.05) is 13.6 Å². The molecule has 0 radical (unpaired) electrons. The highest BCUT2D eigenvalue weighted by atomic mass is 16.5. The van der Waals surface area contributed by atoms with E-state index in [2.05, 4.69) is 32.7 Å². The average molecular weight is 244 g/mol. The van der Waals surface area contributed by atoms with Crippen LogP contribution in [0.25, 0.3) is 0 Å². The molecule has 1 aromatic carbocycles. The molecule has 0 bridgehead atoms. The average Bonchev–Trinajstić information content (AvgIpc) is 2.45. The zero-order valence-corrected chi connectivity index (χ0v) is 10.5. The minimum Gasteiger partial charge on any atom is -0.490 e. The Balaban J connectivity index is 2.14. The first-order valence-corrected chi connectivity index (χ1v) is 5.69. The summed E-state index contributed by atoms with van der Waals surface area (Å²) in [6, 6.07) is 10.1. The van der Waals surface area contributed by atoms with Crippen LogP contribution in [0.15, 0.2) is 36.7 Å². The number of nitrogens with one attached hydrogen (secondary N) is 2. The predicted molar refractivity (Wildman–Crippen MR) is 71.9 cm³/mol. The summed E-state index contributed by atoms with van der Waals surface area (Å²) in [4.78, 5) is 8.28. The number of hydrogen-bond donors (Lipinski definition) is 2. The number of rotatable bonds is 5. The van der Waals surface area contributed by atoms with E-state index in [1.807, 2.05) is 18.2 Å². The number of ether oxygens (including phenoxy) is 1. The molecule has 0 saturated carbocycles. The zero-order chi connectivity index (χ0) is 12.8. The van der Waals surface area contributed by atoms with Crippen molar-refractivity contribution < 1.29 is 4.74 Å². The summed E-state index contributed by atoms with van der Waals surface area (Å²) in [5, 5.41) is 6.21. The summed E-state index contributed by atoms with van der Waals surface area (Å²) in [6.45, 7) is 0.692. The molecule has 18 heavy (non-hydrogen) atoms. The molecule has 0 saturated heterocycles. The van der Waals surface area contributed by atoms with Crippen molar-refractivity contribution in [1.29, 1.82) is 0 Å². The van der Waals surface area contributed by atoms with Gasteiger partial charge in [-0.05, 0) is 5.56 Å². The fraction of sp³-hybridized carbons (Fsp3) is 0.231. The number of hydrogen-bond acceptors (Lipinski definition) is 5. The van der Waals surface area contributed by atoms with Crippen molar-refractivity contribution in [2.75, 3.05) is 24.8 Å². The third kappa shape index (κ3) is 2.68. The Labute approximate surface area is 106 Å². The van der Waals surface area contributed by atoms with E-state index < -0.39 is 0 Å². The van der Waals surface area contributed by atoms with Gasteiger partial charge in [-0.2, -0.15) is 0 Å². The SMILES string of the molecule is CNc1ncnc(NCc2ccccc2)c1OC. The summed E-state index contributed by atoms with van der Waals surface area (Å²) in [7, 11) is 3.40. The van der Waals surface area contributed by atoms with Crippen LogP contribution < -0.4 is 15.4 Å². The van der Waals surface area contributed by atoms with Gasteiger partial charge in [0.2, 0.25) is 5.75 Å². The molecule has 5 nitrogen and oxygen atoms in total. The van der Waals surface area contributed by atoms with Crippen LogP contribution >= 0.6 is 0 Å². The van der Waals surface area contributed by atoms with Gasteiger partial charge >= 0.3 is 0 Å². The minimum atomic E-state index is 0.621. The minimum absolute atomic E-state index is 0.621. The lowest BCUT2D eigenvalue weighted by molar-refractivity contribution is 0.415. The summed E-state index contributed by atoms with van der Waals surface area (Å²) in [5.74, 6) is 1.97. The molecular formula is C13H16N4O. The van der Waals surface area contributed by atoms with E-state index in [0.717, 1.165) is 0 Å². The molecule has 0 unspecified atom stereocenters. The maximum absolute atomic E-state index is 5.31. The van der Waals surface area contributed by atoms with Crippen LogP contribution in [0.3, 0.4) is 0 Å². The molecule has 0 atom stereocenters. The molecule has 5 heteroatoms. The Hall–Kier alpha value is -2.30. The van der Waals surface area contributed by atoms with E-state index >= 15 is 0 Å². The van der Waals surface area contributed by atoms with Gasteiger partial charge in [0.05, 0.1) is 7.11 Å². The highest BCUT2D eigenvalue weighted by molar-refractivity contribution is 5.63. The highest BCUT2D eigenvalue weighted by Crippen LogP contribution is 2.28. The topological polar surface area (TPSA) is 59.1 Å². The Morgan fingerprint density at radius 2 is 1.83 bits per heavy atom. The van der Waals surface area contributed by atoms with E-state index in [1.165, 1.54) is 11.9 Å². The summed E-state index contributed by atoms with van der Waals surface area (Å²) in [5.41, 5.74) is 1.18. The monoisotopic (exact) mass is 244 g/mol. The predicted octanol–water partition coefficient (Wildman–Crippen LogP) is 2.14. The number of benzene rings is 1. The summed E-state index contributed by atoms with van der Waals surface area (Å²) < 4.78 is 5.31. The molecule has 94 valence electrons. The van der Waals surface area contributed by atoms with E-state index in [9.17, 15) is 0 Å². The molecule has 1 heterocycles. The fourth-order valence-electron chi connectivity index (χ4n) is 1.65. The molecule has 2 aromatic rings. The van der Waals surface area contributed by atoms with Crippen LogP contribution in [0.2, 0.25) is 0 Å². The molecule has 0 amide bonds. The number of anilines is 2. The zero-order valence-electron chi connectivity index (χ0n) is 10.5. The first-order chi connectivity index (χ1) is 8.85. The lowest BCUT2D eigenvalue weighted by Gasteiger charge is -2.12. The van der Waals surface area contributed by atoms with Crippen LogP contribution in [0, 0.1) is 0 Å². The molecular weight excluding hydrogens is 228 g/mol. The Bertz CT molecular complexity index is 502. The van der Waals surface area contributed by atoms with Crippen molar-refractivity contribution in [1.82, 2.24) is 9.97 Å². The number of aromatic nitrogens is 2. The molecule has 0 aliphatic heterocycles. The molecule has 2 rings (SSSR count). The standard InChI is InChI=1S/C13H16N4O/c1-14-12-11(18-2)13(17-9-16-12)15-8-10-6-4-3-5-7-10/h3-7,9H,8H2,1-2H3,(H2,14,15,16,17). The second-order valence-electron chi connectivity index (χ2n) is 3.69. The first kappa shape index (κ1) is 12.2. The van der Waals surface area contributed by atoms with Crippen molar-refractivity contribution in [3.8, 4) is 5.75 Å². The van der Waals surface area contributed by atoms with Gasteiger partial charge in [0.25, 0.3) is 0 Å². The van der Waals surface area contributed by atoms with Crippen LogP contribution in [0.4, 0.5) is 11.6 Å². The van der Waals surface area contributed by atoms with Gasteiger partial charge in [0.15, 0.2) is 11.6 Å². The van der Waals surface area contributed by atoms with Gasteiger partial charge in [-0.3, -0.25) is 0 Å². The van der Waals surface area contributed by atoms with Crippen molar-refractivity contribution in [3.05, 3.63) is 42.2 Å². The smallest absolute Gasteiger partial charge is 0.204 e. The lowest BCUT2D eigenvalue weighted by atomic mass is 10.2. The van der Waals surface area contributed by atoms with E-state index in [4.69, 9.17) is 4.74 Å². The van der Waals surface area contributed by atoms with Crippen LogP contribution in [0.1, 0.15) is 5.56 Å². The van der Waals surface area contributed by atoms with E-state index in [0.29, 0.717) is 23.9 Å². The largest absolute Gasteiger partial charge is 0.490 e. The van der Waals surface area contributed by atoms with E-state index in [-0.39, 0.29) is 0 Å². The maximum atomic E-state index is 5.31. The molecule has 1 aromatic heterocycles. The highest BCUT2D eigenvalue weighted by Gasteiger charge is 2.10. The van der Waals surface area contributed by atoms with Crippen LogP contribution in [-0.4, -0.2) is 24.1 Å². The first-order valence-electron chi connectivity index (χ1n) is 5.69. The Morgan fingerprint density at radius 1 is 1.11 bits per heavy atom. The fourth-order valence-corrected chi connectivity index (χ4v) is 1.65. The maximum Gasteiger partial charge on any atom is 0.204 e. The summed E-state index contributed by atoms with van der Waals surface area (Å²) >= 11 is 0. The molecule has 0 spiro atoms. The van der Waals surface area contributed by atoms with Crippen LogP contribution in [0.5, 0.6) is 5.75 Å². The molecule has 0 aliphatic rings. The van der Waals surface area contributed by atoms with Crippen molar-refractivity contribution in [3.63, 3.8) is 0 Å². The van der Waals surface area contributed by atoms with Crippen molar-refractivity contribution in [2.24, 2.45) is 0 Å². The molecule has 0 aliphatic carbocycles. The van der Waals surface area contributed by atoms with Gasteiger partial charge in [-0.25, -0.2) is 9.97 Å².